The molecule has 2 N–H and O–H groups in total. The van der Waals surface area contributed by atoms with Crippen molar-refractivity contribution in [1.29, 1.82) is 0 Å². The van der Waals surface area contributed by atoms with E-state index in [9.17, 15) is 5.11 Å². The first-order valence-corrected chi connectivity index (χ1v) is 7.82. The standard InChI is InChI=1S/C15H31N3O2/c1-14(2,19)11-17-5-7-18(8-6-17)12-15(10-16-3)4-9-20-13-15/h16,19H,4-13H2,1-3H3. The van der Waals surface area contributed by atoms with E-state index in [4.69, 9.17) is 4.74 Å². The van der Waals surface area contributed by atoms with Crippen LogP contribution in [0.25, 0.3) is 0 Å². The van der Waals surface area contributed by atoms with Crippen LogP contribution in [0.4, 0.5) is 0 Å². The summed E-state index contributed by atoms with van der Waals surface area (Å²) in [5.74, 6) is 0. The molecule has 20 heavy (non-hydrogen) atoms. The first kappa shape index (κ1) is 16.2. The van der Waals surface area contributed by atoms with E-state index in [0.717, 1.165) is 65.4 Å². The maximum Gasteiger partial charge on any atom is 0.0718 e. The van der Waals surface area contributed by atoms with Gasteiger partial charge in [0.25, 0.3) is 0 Å². The van der Waals surface area contributed by atoms with Crippen molar-refractivity contribution in [1.82, 2.24) is 15.1 Å². The van der Waals surface area contributed by atoms with Gasteiger partial charge in [0, 0.05) is 57.8 Å². The molecule has 0 aromatic heterocycles. The molecule has 0 saturated carbocycles. The van der Waals surface area contributed by atoms with Gasteiger partial charge < -0.3 is 20.1 Å². The topological polar surface area (TPSA) is 48.0 Å². The molecule has 2 heterocycles. The number of nitrogens with one attached hydrogen (secondary N) is 1. The molecule has 5 heteroatoms. The molecule has 0 aliphatic carbocycles. The summed E-state index contributed by atoms with van der Waals surface area (Å²) in [7, 11) is 2.03. The molecular formula is C15H31N3O2. The second kappa shape index (κ2) is 6.71. The molecule has 2 fully saturated rings. The maximum atomic E-state index is 9.90. The van der Waals surface area contributed by atoms with Crippen LogP contribution in [-0.4, -0.2) is 86.6 Å². The van der Waals surface area contributed by atoms with Crippen molar-refractivity contribution < 1.29 is 9.84 Å². The molecule has 0 aromatic carbocycles. The highest BCUT2D eigenvalue weighted by atomic mass is 16.5. The second-order valence-corrected chi connectivity index (χ2v) is 7.20. The smallest absolute Gasteiger partial charge is 0.0718 e. The Morgan fingerprint density at radius 3 is 2.35 bits per heavy atom. The number of rotatable bonds is 6. The van der Waals surface area contributed by atoms with E-state index < -0.39 is 5.60 Å². The predicted octanol–water partition coefficient (Wildman–Crippen LogP) is 0.00100. The lowest BCUT2D eigenvalue weighted by Gasteiger charge is -2.41. The van der Waals surface area contributed by atoms with Gasteiger partial charge in [-0.15, -0.1) is 0 Å². The zero-order chi connectivity index (χ0) is 14.6. The minimum Gasteiger partial charge on any atom is -0.389 e. The fraction of sp³-hybridized carbons (Fsp3) is 1.00. The van der Waals surface area contributed by atoms with Gasteiger partial charge in [0.15, 0.2) is 0 Å². The number of hydrogen-bond acceptors (Lipinski definition) is 5. The molecule has 5 nitrogen and oxygen atoms in total. The van der Waals surface area contributed by atoms with E-state index in [-0.39, 0.29) is 0 Å². The molecule has 2 aliphatic heterocycles. The summed E-state index contributed by atoms with van der Waals surface area (Å²) in [6, 6.07) is 0. The minimum atomic E-state index is -0.588. The Hall–Kier alpha value is -0.200. The van der Waals surface area contributed by atoms with Crippen molar-refractivity contribution in [3.05, 3.63) is 0 Å². The Morgan fingerprint density at radius 2 is 1.85 bits per heavy atom. The zero-order valence-corrected chi connectivity index (χ0v) is 13.3. The summed E-state index contributed by atoms with van der Waals surface area (Å²) in [6.45, 7) is 12.8. The lowest BCUT2D eigenvalue weighted by Crippen LogP contribution is -2.54. The second-order valence-electron chi connectivity index (χ2n) is 7.20. The van der Waals surface area contributed by atoms with E-state index in [2.05, 4.69) is 15.1 Å². The highest BCUT2D eigenvalue weighted by Gasteiger charge is 2.36. The van der Waals surface area contributed by atoms with E-state index in [1.807, 2.05) is 20.9 Å². The van der Waals surface area contributed by atoms with Gasteiger partial charge in [-0.1, -0.05) is 0 Å². The largest absolute Gasteiger partial charge is 0.389 e. The summed E-state index contributed by atoms with van der Waals surface area (Å²) in [5.41, 5.74) is -0.290. The van der Waals surface area contributed by atoms with Gasteiger partial charge in [-0.2, -0.15) is 0 Å². The molecule has 2 aliphatic rings. The Bertz CT molecular complexity index is 290. The molecule has 0 aromatic rings. The lowest BCUT2D eigenvalue weighted by atomic mass is 9.86. The number of hydrogen-bond donors (Lipinski definition) is 2. The predicted molar refractivity (Wildman–Crippen MR) is 81.0 cm³/mol. The van der Waals surface area contributed by atoms with Crippen LogP contribution in [-0.2, 0) is 4.74 Å². The van der Waals surface area contributed by atoms with Crippen molar-refractivity contribution in [2.75, 3.05) is 66.1 Å². The van der Waals surface area contributed by atoms with Gasteiger partial charge in [-0.25, -0.2) is 0 Å². The van der Waals surface area contributed by atoms with E-state index in [1.54, 1.807) is 0 Å². The normalized spacial score (nSPS) is 30.0. The van der Waals surface area contributed by atoms with Gasteiger partial charge in [-0.05, 0) is 27.3 Å². The summed E-state index contributed by atoms with van der Waals surface area (Å²) in [4.78, 5) is 4.93. The van der Waals surface area contributed by atoms with Crippen molar-refractivity contribution in [3.8, 4) is 0 Å². The van der Waals surface area contributed by atoms with Crippen LogP contribution in [0.15, 0.2) is 0 Å². The molecule has 0 spiro atoms. The van der Waals surface area contributed by atoms with Crippen LogP contribution in [0, 0.1) is 5.41 Å². The first-order valence-electron chi connectivity index (χ1n) is 7.82. The Labute approximate surface area is 123 Å². The van der Waals surface area contributed by atoms with Crippen molar-refractivity contribution in [2.24, 2.45) is 5.41 Å². The third-order valence-electron chi connectivity index (χ3n) is 4.37. The van der Waals surface area contributed by atoms with Gasteiger partial charge >= 0.3 is 0 Å². The minimum absolute atomic E-state index is 0.299. The molecule has 1 atom stereocenters. The van der Waals surface area contributed by atoms with Gasteiger partial charge in [0.2, 0.25) is 0 Å². The average Bonchev–Trinajstić information content (AvgIpc) is 2.79. The summed E-state index contributed by atoms with van der Waals surface area (Å²) >= 11 is 0. The summed E-state index contributed by atoms with van der Waals surface area (Å²) < 4.78 is 5.63. The molecule has 2 rings (SSSR count). The number of piperazine rings is 1. The molecule has 118 valence electrons. The highest BCUT2D eigenvalue weighted by molar-refractivity contribution is 4.89. The zero-order valence-electron chi connectivity index (χ0n) is 13.3. The molecule has 0 amide bonds. The van der Waals surface area contributed by atoms with Gasteiger partial charge in [0.1, 0.15) is 0 Å². The third-order valence-corrected chi connectivity index (χ3v) is 4.37. The van der Waals surface area contributed by atoms with Gasteiger partial charge in [0.05, 0.1) is 12.2 Å². The fourth-order valence-electron chi connectivity index (χ4n) is 3.47. The summed E-state index contributed by atoms with van der Waals surface area (Å²) in [5, 5.41) is 13.2. The quantitative estimate of drug-likeness (QED) is 0.719. The molecule has 0 radical (unpaired) electrons. The van der Waals surface area contributed by atoms with Crippen LogP contribution in [0.5, 0.6) is 0 Å². The summed E-state index contributed by atoms with van der Waals surface area (Å²) in [6.07, 6.45) is 1.16. The number of β-amino-alcohol motifs (C(OH)–C–C–N with tert-alkyl or cyclic N) is 1. The Morgan fingerprint density at radius 1 is 1.20 bits per heavy atom. The van der Waals surface area contributed by atoms with Crippen LogP contribution in [0.1, 0.15) is 20.3 Å². The van der Waals surface area contributed by atoms with Crippen LogP contribution in [0.2, 0.25) is 0 Å². The number of ether oxygens (including phenoxy) is 1. The van der Waals surface area contributed by atoms with Crippen LogP contribution < -0.4 is 5.32 Å². The molecule has 0 bridgehead atoms. The first-order chi connectivity index (χ1) is 9.42. The Kier molecular flexibility index (Phi) is 5.42. The molecular weight excluding hydrogens is 254 g/mol. The molecule has 2 saturated heterocycles. The molecule has 1 unspecified atom stereocenters. The highest BCUT2D eigenvalue weighted by Crippen LogP contribution is 2.29. The SMILES string of the molecule is CNCC1(CN2CCN(CC(C)(C)O)CC2)CCOC1. The number of nitrogens with zero attached hydrogens (tertiary/aromatic N) is 2. The van der Waals surface area contributed by atoms with Gasteiger partial charge in [-0.3, -0.25) is 4.90 Å². The maximum absolute atomic E-state index is 9.90. The number of aliphatic hydroxyl groups is 1. The monoisotopic (exact) mass is 285 g/mol. The van der Waals surface area contributed by atoms with Crippen molar-refractivity contribution in [3.63, 3.8) is 0 Å². The fourth-order valence-corrected chi connectivity index (χ4v) is 3.47. The van der Waals surface area contributed by atoms with E-state index in [1.165, 1.54) is 0 Å². The van der Waals surface area contributed by atoms with Crippen LogP contribution >= 0.6 is 0 Å². The Balaban J connectivity index is 1.78. The van der Waals surface area contributed by atoms with E-state index >= 15 is 0 Å². The lowest BCUT2D eigenvalue weighted by molar-refractivity contribution is 0.00968. The average molecular weight is 285 g/mol. The van der Waals surface area contributed by atoms with Crippen LogP contribution in [0.3, 0.4) is 0 Å². The van der Waals surface area contributed by atoms with Crippen molar-refractivity contribution >= 4 is 0 Å². The third kappa shape index (κ3) is 4.67. The van der Waals surface area contributed by atoms with E-state index in [0.29, 0.717) is 5.41 Å². The van der Waals surface area contributed by atoms with Crippen molar-refractivity contribution in [2.45, 2.75) is 25.9 Å².